The first-order valence-corrected chi connectivity index (χ1v) is 11.1. The fraction of sp³-hybridized carbons (Fsp3) is 0.333. The van der Waals surface area contributed by atoms with Crippen molar-refractivity contribution in [1.82, 2.24) is 9.88 Å². The summed E-state index contributed by atoms with van der Waals surface area (Å²) >= 11 is 6.20. The maximum atomic E-state index is 12.5. The first-order chi connectivity index (χ1) is 15.1. The van der Waals surface area contributed by atoms with E-state index in [1.54, 1.807) is 6.07 Å². The summed E-state index contributed by atoms with van der Waals surface area (Å²) in [5.74, 6) is 0. The van der Waals surface area contributed by atoms with Gasteiger partial charge in [-0.25, -0.2) is 0 Å². The zero-order chi connectivity index (χ0) is 21.4. The van der Waals surface area contributed by atoms with Gasteiger partial charge in [0.25, 0.3) is 5.56 Å². The lowest BCUT2D eigenvalue weighted by Gasteiger charge is -2.36. The SMILES string of the molecule is N#Cc1ccc(N2CCN(Cc3ccc4c5c(c(=O)[nH]c4c3)CCCN5)CC2)cc1Cl. The zero-order valence-corrected chi connectivity index (χ0v) is 18.0. The highest BCUT2D eigenvalue weighted by Crippen LogP contribution is 2.29. The second kappa shape index (κ2) is 8.26. The van der Waals surface area contributed by atoms with Crippen LogP contribution in [0.5, 0.6) is 0 Å². The first-order valence-electron chi connectivity index (χ1n) is 10.7. The fourth-order valence-corrected chi connectivity index (χ4v) is 4.83. The van der Waals surface area contributed by atoms with E-state index in [1.807, 2.05) is 12.1 Å². The Balaban J connectivity index is 1.28. The molecule has 1 fully saturated rings. The third-order valence-corrected chi connectivity index (χ3v) is 6.61. The normalized spacial score (nSPS) is 16.6. The molecule has 2 aliphatic rings. The quantitative estimate of drug-likeness (QED) is 0.658. The Labute approximate surface area is 186 Å². The van der Waals surface area contributed by atoms with Crippen molar-refractivity contribution in [2.75, 3.05) is 42.9 Å². The summed E-state index contributed by atoms with van der Waals surface area (Å²) in [7, 11) is 0. The number of fused-ring (bicyclic) bond motifs is 3. The molecule has 158 valence electrons. The Morgan fingerprint density at radius 3 is 2.71 bits per heavy atom. The molecule has 6 nitrogen and oxygen atoms in total. The molecule has 2 N–H and O–H groups in total. The topological polar surface area (TPSA) is 75.2 Å². The number of piperazine rings is 1. The highest BCUT2D eigenvalue weighted by atomic mass is 35.5. The van der Waals surface area contributed by atoms with E-state index in [-0.39, 0.29) is 5.56 Å². The Morgan fingerprint density at radius 1 is 1.10 bits per heavy atom. The average Bonchev–Trinajstić information content (AvgIpc) is 2.79. The van der Waals surface area contributed by atoms with E-state index in [9.17, 15) is 4.79 Å². The van der Waals surface area contributed by atoms with Gasteiger partial charge in [-0.2, -0.15) is 5.26 Å². The van der Waals surface area contributed by atoms with Crippen LogP contribution in [0, 0.1) is 11.3 Å². The molecule has 0 atom stereocenters. The minimum absolute atomic E-state index is 0.0292. The number of benzene rings is 2. The van der Waals surface area contributed by atoms with Crippen molar-refractivity contribution in [1.29, 1.82) is 5.26 Å². The number of nitrogens with one attached hydrogen (secondary N) is 2. The molecule has 1 saturated heterocycles. The lowest BCUT2D eigenvalue weighted by molar-refractivity contribution is 0.250. The van der Waals surface area contributed by atoms with Gasteiger partial charge in [-0.15, -0.1) is 0 Å². The molecule has 2 aliphatic heterocycles. The van der Waals surface area contributed by atoms with Crippen LogP contribution in [0.3, 0.4) is 0 Å². The Bertz CT molecular complexity index is 1240. The van der Waals surface area contributed by atoms with Gasteiger partial charge in [-0.3, -0.25) is 9.69 Å². The number of aromatic amines is 1. The molecule has 0 amide bonds. The lowest BCUT2D eigenvalue weighted by atomic mass is 10.0. The maximum Gasteiger partial charge on any atom is 0.253 e. The van der Waals surface area contributed by atoms with Gasteiger partial charge in [0.05, 0.1) is 21.8 Å². The van der Waals surface area contributed by atoms with Gasteiger partial charge in [-0.1, -0.05) is 23.7 Å². The summed E-state index contributed by atoms with van der Waals surface area (Å²) in [6.45, 7) is 5.47. The number of aromatic nitrogens is 1. The Hall–Kier alpha value is -3.01. The summed E-state index contributed by atoms with van der Waals surface area (Å²) in [6, 6.07) is 14.2. The van der Waals surface area contributed by atoms with Crippen molar-refractivity contribution in [2.45, 2.75) is 19.4 Å². The molecule has 0 spiro atoms. The second-order valence-electron chi connectivity index (χ2n) is 8.26. The van der Waals surface area contributed by atoms with Crippen LogP contribution in [0.15, 0.2) is 41.2 Å². The van der Waals surface area contributed by atoms with Gasteiger partial charge in [-0.05, 0) is 42.7 Å². The van der Waals surface area contributed by atoms with Crippen molar-refractivity contribution in [3.8, 4) is 6.07 Å². The van der Waals surface area contributed by atoms with Gasteiger partial charge in [0.2, 0.25) is 0 Å². The molecule has 3 aromatic rings. The van der Waals surface area contributed by atoms with E-state index in [2.05, 4.69) is 44.4 Å². The molecule has 0 bridgehead atoms. The zero-order valence-electron chi connectivity index (χ0n) is 17.2. The molecule has 0 radical (unpaired) electrons. The minimum Gasteiger partial charge on any atom is -0.384 e. The van der Waals surface area contributed by atoms with Crippen molar-refractivity contribution >= 4 is 33.9 Å². The number of halogens is 1. The van der Waals surface area contributed by atoms with Crippen LogP contribution in [0.25, 0.3) is 10.9 Å². The molecule has 1 aromatic heterocycles. The van der Waals surface area contributed by atoms with E-state index in [4.69, 9.17) is 16.9 Å². The van der Waals surface area contributed by atoms with Crippen LogP contribution < -0.4 is 15.8 Å². The standard InChI is InChI=1S/C24H24ClN5O/c25-21-13-18(5-4-17(21)14-26)30-10-8-29(9-11-30)15-16-3-6-19-22(12-16)28-24(31)20-2-1-7-27-23(19)20/h3-6,12-13,27H,1-2,7-11,15H2,(H,28,31). The number of rotatable bonds is 3. The molecular weight excluding hydrogens is 410 g/mol. The molecule has 0 saturated carbocycles. The van der Waals surface area contributed by atoms with Crippen LogP contribution >= 0.6 is 11.6 Å². The molecule has 0 unspecified atom stereocenters. The fourth-order valence-electron chi connectivity index (χ4n) is 4.62. The summed E-state index contributed by atoms with van der Waals surface area (Å²) in [6.07, 6.45) is 1.84. The summed E-state index contributed by atoms with van der Waals surface area (Å²) in [4.78, 5) is 20.3. The Morgan fingerprint density at radius 2 is 1.94 bits per heavy atom. The van der Waals surface area contributed by atoms with Crippen molar-refractivity contribution in [3.05, 3.63) is 68.5 Å². The van der Waals surface area contributed by atoms with Crippen molar-refractivity contribution < 1.29 is 0 Å². The van der Waals surface area contributed by atoms with E-state index in [0.717, 1.165) is 80.0 Å². The van der Waals surface area contributed by atoms with Gasteiger partial charge in [0, 0.05) is 55.9 Å². The number of hydrogen-bond acceptors (Lipinski definition) is 5. The monoisotopic (exact) mass is 433 g/mol. The van der Waals surface area contributed by atoms with Gasteiger partial charge >= 0.3 is 0 Å². The van der Waals surface area contributed by atoms with Crippen LogP contribution in [-0.2, 0) is 13.0 Å². The van der Waals surface area contributed by atoms with E-state index >= 15 is 0 Å². The van der Waals surface area contributed by atoms with Gasteiger partial charge in [0.15, 0.2) is 0 Å². The number of pyridine rings is 1. The van der Waals surface area contributed by atoms with Crippen LogP contribution in [0.2, 0.25) is 5.02 Å². The van der Waals surface area contributed by atoms with Crippen molar-refractivity contribution in [2.24, 2.45) is 0 Å². The number of nitriles is 1. The molecule has 31 heavy (non-hydrogen) atoms. The number of nitrogens with zero attached hydrogens (tertiary/aromatic N) is 3. The number of hydrogen-bond donors (Lipinski definition) is 2. The molecular formula is C24H24ClN5O. The second-order valence-corrected chi connectivity index (χ2v) is 8.66. The van der Waals surface area contributed by atoms with E-state index in [1.165, 1.54) is 5.56 Å². The summed E-state index contributed by atoms with van der Waals surface area (Å²) in [5.41, 5.74) is 5.59. The van der Waals surface area contributed by atoms with E-state index < -0.39 is 0 Å². The molecule has 3 heterocycles. The first kappa shape index (κ1) is 19.9. The lowest BCUT2D eigenvalue weighted by Crippen LogP contribution is -2.46. The average molecular weight is 434 g/mol. The molecule has 5 rings (SSSR count). The number of anilines is 2. The minimum atomic E-state index is 0.0292. The van der Waals surface area contributed by atoms with E-state index in [0.29, 0.717) is 10.6 Å². The van der Waals surface area contributed by atoms with Crippen LogP contribution in [0.4, 0.5) is 11.4 Å². The largest absolute Gasteiger partial charge is 0.384 e. The molecule has 0 aliphatic carbocycles. The Kier molecular flexibility index (Phi) is 5.31. The van der Waals surface area contributed by atoms with Crippen LogP contribution in [0.1, 0.15) is 23.1 Å². The summed E-state index contributed by atoms with van der Waals surface area (Å²) in [5, 5.41) is 14.1. The molecule has 7 heteroatoms. The predicted molar refractivity (Wildman–Crippen MR) is 125 cm³/mol. The third-order valence-electron chi connectivity index (χ3n) is 6.30. The predicted octanol–water partition coefficient (Wildman–Crippen LogP) is 3.73. The smallest absolute Gasteiger partial charge is 0.253 e. The summed E-state index contributed by atoms with van der Waals surface area (Å²) < 4.78 is 0. The van der Waals surface area contributed by atoms with Gasteiger partial charge in [0.1, 0.15) is 6.07 Å². The molecule has 2 aromatic carbocycles. The van der Waals surface area contributed by atoms with Crippen LogP contribution in [-0.4, -0.2) is 42.6 Å². The highest BCUT2D eigenvalue weighted by molar-refractivity contribution is 6.32. The maximum absolute atomic E-state index is 12.5. The highest BCUT2D eigenvalue weighted by Gasteiger charge is 2.19. The third kappa shape index (κ3) is 3.87. The van der Waals surface area contributed by atoms with Crippen molar-refractivity contribution in [3.63, 3.8) is 0 Å². The number of H-pyrrole nitrogens is 1. The van der Waals surface area contributed by atoms with Gasteiger partial charge < -0.3 is 15.2 Å².